The van der Waals surface area contributed by atoms with Crippen LogP contribution in [-0.4, -0.2) is 41.1 Å². The topological polar surface area (TPSA) is 80.2 Å². The lowest BCUT2D eigenvalue weighted by atomic mass is 10.4. The summed E-state index contributed by atoms with van der Waals surface area (Å²) in [6.07, 6.45) is 0. The first-order valence-electron chi connectivity index (χ1n) is 4.69. The van der Waals surface area contributed by atoms with E-state index in [4.69, 9.17) is 4.74 Å². The number of aryl methyl sites for hydroxylation is 1. The van der Waals surface area contributed by atoms with Gasteiger partial charge in [-0.15, -0.1) is 5.10 Å². The van der Waals surface area contributed by atoms with Gasteiger partial charge < -0.3 is 9.64 Å². The summed E-state index contributed by atoms with van der Waals surface area (Å²) < 4.78 is 6.28. The van der Waals surface area contributed by atoms with Crippen molar-refractivity contribution in [2.45, 2.75) is 0 Å². The van der Waals surface area contributed by atoms with Crippen LogP contribution in [0.1, 0.15) is 0 Å². The van der Waals surface area contributed by atoms with E-state index >= 15 is 0 Å². The Morgan fingerprint density at radius 1 is 1.33 bits per heavy atom. The molecule has 2 heterocycles. The van der Waals surface area contributed by atoms with E-state index < -0.39 is 11.2 Å². The quantitative estimate of drug-likeness (QED) is 0.600. The zero-order valence-corrected chi connectivity index (χ0v) is 8.39. The van der Waals surface area contributed by atoms with E-state index in [0.29, 0.717) is 26.3 Å². The smallest absolute Gasteiger partial charge is 0.344 e. The average molecular weight is 212 g/mol. The third-order valence-electron chi connectivity index (χ3n) is 2.27. The molecule has 1 saturated heterocycles. The lowest BCUT2D eigenvalue weighted by Gasteiger charge is -2.26. The van der Waals surface area contributed by atoms with Gasteiger partial charge in [0.15, 0.2) is 0 Å². The molecule has 0 spiro atoms. The van der Waals surface area contributed by atoms with Gasteiger partial charge in [0, 0.05) is 20.1 Å². The lowest BCUT2D eigenvalue weighted by Crippen LogP contribution is -2.43. The number of hydrogen-bond donors (Lipinski definition) is 1. The lowest BCUT2D eigenvalue weighted by molar-refractivity contribution is 0.122. The predicted molar refractivity (Wildman–Crippen MR) is 53.1 cm³/mol. The summed E-state index contributed by atoms with van der Waals surface area (Å²) in [7, 11) is 1.50. The summed E-state index contributed by atoms with van der Waals surface area (Å²) in [6.45, 7) is 2.39. The van der Waals surface area contributed by atoms with Crippen LogP contribution in [0.3, 0.4) is 0 Å². The normalized spacial score (nSPS) is 16.7. The van der Waals surface area contributed by atoms with Gasteiger partial charge in [-0.3, -0.25) is 9.78 Å². The minimum Gasteiger partial charge on any atom is -0.378 e. The van der Waals surface area contributed by atoms with Crippen molar-refractivity contribution < 1.29 is 4.74 Å². The molecule has 7 heteroatoms. The molecule has 0 unspecified atom stereocenters. The molecule has 1 fully saturated rings. The fraction of sp³-hybridized carbons (Fsp3) is 0.625. The molecule has 82 valence electrons. The molecule has 2 rings (SSSR count). The summed E-state index contributed by atoms with van der Waals surface area (Å²) in [4.78, 5) is 26.6. The van der Waals surface area contributed by atoms with Crippen molar-refractivity contribution in [3.05, 3.63) is 20.8 Å². The second-order valence-electron chi connectivity index (χ2n) is 3.31. The van der Waals surface area contributed by atoms with Gasteiger partial charge in [0.25, 0.3) is 5.56 Å². The van der Waals surface area contributed by atoms with Crippen LogP contribution in [0.15, 0.2) is 9.59 Å². The number of aromatic amines is 1. The molecule has 1 aliphatic rings. The number of anilines is 1. The van der Waals surface area contributed by atoms with Crippen LogP contribution in [0.25, 0.3) is 0 Å². The number of H-pyrrole nitrogens is 1. The van der Waals surface area contributed by atoms with Crippen molar-refractivity contribution in [2.24, 2.45) is 7.05 Å². The Bertz CT molecular complexity index is 458. The maximum Gasteiger partial charge on any atom is 0.344 e. The van der Waals surface area contributed by atoms with Crippen molar-refractivity contribution in [2.75, 3.05) is 31.2 Å². The molecule has 0 amide bonds. The summed E-state index contributed by atoms with van der Waals surface area (Å²) in [6, 6.07) is 0. The zero-order valence-electron chi connectivity index (χ0n) is 8.39. The number of aromatic nitrogens is 3. The molecule has 0 atom stereocenters. The van der Waals surface area contributed by atoms with Crippen LogP contribution in [-0.2, 0) is 11.8 Å². The SMILES string of the molecule is Cn1nc(N2CCOCC2)c(=O)[nH]c1=O. The van der Waals surface area contributed by atoms with Crippen LogP contribution in [0.2, 0.25) is 0 Å². The highest BCUT2D eigenvalue weighted by molar-refractivity contribution is 5.34. The summed E-state index contributed by atoms with van der Waals surface area (Å²) in [5, 5.41) is 3.93. The van der Waals surface area contributed by atoms with E-state index in [1.807, 2.05) is 4.90 Å². The monoisotopic (exact) mass is 212 g/mol. The second kappa shape index (κ2) is 3.85. The van der Waals surface area contributed by atoms with E-state index in [9.17, 15) is 9.59 Å². The van der Waals surface area contributed by atoms with Crippen LogP contribution in [0.4, 0.5) is 5.82 Å². The maximum atomic E-state index is 11.5. The predicted octanol–water partition coefficient (Wildman–Crippen LogP) is -1.69. The summed E-state index contributed by atoms with van der Waals surface area (Å²) in [5.74, 6) is 0.278. The molecular weight excluding hydrogens is 200 g/mol. The number of rotatable bonds is 1. The molecule has 1 aromatic heterocycles. The van der Waals surface area contributed by atoms with E-state index in [-0.39, 0.29) is 5.82 Å². The highest BCUT2D eigenvalue weighted by Crippen LogP contribution is 2.04. The van der Waals surface area contributed by atoms with Gasteiger partial charge in [-0.25, -0.2) is 9.48 Å². The van der Waals surface area contributed by atoms with E-state index in [0.717, 1.165) is 4.68 Å². The molecular formula is C8H12N4O3. The molecule has 1 aromatic rings. The van der Waals surface area contributed by atoms with E-state index in [2.05, 4.69) is 10.1 Å². The average Bonchev–Trinajstić information content (AvgIpc) is 2.25. The highest BCUT2D eigenvalue weighted by Gasteiger charge is 2.16. The van der Waals surface area contributed by atoms with Crippen LogP contribution >= 0.6 is 0 Å². The second-order valence-corrected chi connectivity index (χ2v) is 3.31. The van der Waals surface area contributed by atoms with Crippen molar-refractivity contribution in [1.82, 2.24) is 14.8 Å². The molecule has 1 N–H and O–H groups in total. The van der Waals surface area contributed by atoms with Crippen molar-refractivity contribution in [1.29, 1.82) is 0 Å². The van der Waals surface area contributed by atoms with Crippen LogP contribution < -0.4 is 16.1 Å². The molecule has 0 saturated carbocycles. The fourth-order valence-corrected chi connectivity index (χ4v) is 1.45. The van der Waals surface area contributed by atoms with Crippen LogP contribution in [0, 0.1) is 0 Å². The van der Waals surface area contributed by atoms with Gasteiger partial charge in [-0.2, -0.15) is 0 Å². The van der Waals surface area contributed by atoms with Crippen LogP contribution in [0.5, 0.6) is 0 Å². The highest BCUT2D eigenvalue weighted by atomic mass is 16.5. The number of hydrogen-bond acceptors (Lipinski definition) is 5. The van der Waals surface area contributed by atoms with Crippen molar-refractivity contribution in [3.63, 3.8) is 0 Å². The number of nitrogens with one attached hydrogen (secondary N) is 1. The Kier molecular flexibility index (Phi) is 2.55. The Labute approximate surface area is 85.3 Å². The number of morpholine rings is 1. The Morgan fingerprint density at radius 2 is 2.00 bits per heavy atom. The van der Waals surface area contributed by atoms with Crippen molar-refractivity contribution in [3.8, 4) is 0 Å². The number of ether oxygens (including phenoxy) is 1. The van der Waals surface area contributed by atoms with Gasteiger partial charge in [-0.05, 0) is 0 Å². The minimum absolute atomic E-state index is 0.278. The Hall–Kier alpha value is -1.63. The Morgan fingerprint density at radius 3 is 2.67 bits per heavy atom. The molecule has 0 aromatic carbocycles. The maximum absolute atomic E-state index is 11.5. The third kappa shape index (κ3) is 1.91. The Balaban J connectivity index is 2.39. The molecule has 7 nitrogen and oxygen atoms in total. The summed E-state index contributed by atoms with van der Waals surface area (Å²) in [5.41, 5.74) is -0.947. The van der Waals surface area contributed by atoms with E-state index in [1.165, 1.54) is 7.05 Å². The third-order valence-corrected chi connectivity index (χ3v) is 2.27. The molecule has 0 aliphatic carbocycles. The largest absolute Gasteiger partial charge is 0.378 e. The summed E-state index contributed by atoms with van der Waals surface area (Å²) >= 11 is 0. The van der Waals surface area contributed by atoms with Gasteiger partial charge in [0.2, 0.25) is 5.82 Å². The van der Waals surface area contributed by atoms with E-state index in [1.54, 1.807) is 0 Å². The molecule has 0 radical (unpaired) electrons. The van der Waals surface area contributed by atoms with Gasteiger partial charge >= 0.3 is 5.69 Å². The molecule has 1 aliphatic heterocycles. The van der Waals surface area contributed by atoms with Gasteiger partial charge in [-0.1, -0.05) is 0 Å². The van der Waals surface area contributed by atoms with Gasteiger partial charge in [0.1, 0.15) is 0 Å². The molecule has 15 heavy (non-hydrogen) atoms. The first kappa shape index (κ1) is 9.91. The number of nitrogens with zero attached hydrogens (tertiary/aromatic N) is 3. The standard InChI is InChI=1S/C8H12N4O3/c1-11-8(14)9-7(13)6(10-11)12-2-4-15-5-3-12/h2-5H2,1H3,(H,9,13,14). The van der Waals surface area contributed by atoms with Gasteiger partial charge in [0.05, 0.1) is 13.2 Å². The minimum atomic E-state index is -0.503. The zero-order chi connectivity index (χ0) is 10.8. The molecule has 0 bridgehead atoms. The van der Waals surface area contributed by atoms with Crippen molar-refractivity contribution >= 4 is 5.82 Å². The first-order valence-corrected chi connectivity index (χ1v) is 4.69. The first-order chi connectivity index (χ1) is 7.18. The fourth-order valence-electron chi connectivity index (χ4n) is 1.45.